The first kappa shape index (κ1) is 21.0. The topological polar surface area (TPSA) is 108 Å². The van der Waals surface area contributed by atoms with Gasteiger partial charge in [0.05, 0.1) is 10.4 Å². The number of nitro benzene ring substituents is 1. The molecule has 1 unspecified atom stereocenters. The Kier molecular flexibility index (Phi) is 4.67. The smallest absolute Gasteiger partial charge is 0.433 e. The number of hydrogen-bond donors (Lipinski definition) is 0. The second-order valence-corrected chi connectivity index (χ2v) is 8.25. The number of nitro groups is 1. The number of benzene rings is 1. The Morgan fingerprint density at radius 1 is 1.24 bits per heavy atom. The number of fused-ring (bicyclic) bond motifs is 5. The molecule has 4 aromatic heterocycles. The van der Waals surface area contributed by atoms with Crippen molar-refractivity contribution in [3.05, 3.63) is 63.9 Å². The second kappa shape index (κ2) is 7.33. The number of nitrogens with zero attached hydrogens (tertiary/aromatic N) is 6. The van der Waals surface area contributed by atoms with Crippen molar-refractivity contribution in [2.24, 2.45) is 0 Å². The molecule has 0 radical (unpaired) electrons. The molecule has 0 amide bonds. The molecule has 0 fully saturated rings. The quantitative estimate of drug-likeness (QED) is 0.258. The summed E-state index contributed by atoms with van der Waals surface area (Å²) in [6, 6.07) is 6.94. The summed E-state index contributed by atoms with van der Waals surface area (Å²) in [5.41, 5.74) is 0.104. The molecule has 0 aliphatic carbocycles. The van der Waals surface area contributed by atoms with E-state index < -0.39 is 22.9 Å². The summed E-state index contributed by atoms with van der Waals surface area (Å²) in [6.45, 7) is 3.22. The number of hydrogen-bond acceptors (Lipinski definition) is 8. The SMILES string of the molecule is Cc1cc(C(F)(F)F)nc2sc3c(ncn4nc(C(C)Oc5ccccc5[N+](=O)[O-])nc34)c12. The maximum Gasteiger partial charge on any atom is 0.433 e. The lowest BCUT2D eigenvalue weighted by atomic mass is 10.1. The van der Waals surface area contributed by atoms with Crippen molar-refractivity contribution in [1.82, 2.24) is 24.6 Å². The number of halogens is 3. The first-order valence-corrected chi connectivity index (χ1v) is 10.4. The van der Waals surface area contributed by atoms with Crippen LogP contribution in [0.5, 0.6) is 5.75 Å². The minimum absolute atomic E-state index is 0.0681. The van der Waals surface area contributed by atoms with Gasteiger partial charge in [0.15, 0.2) is 23.3 Å². The molecule has 0 saturated carbocycles. The van der Waals surface area contributed by atoms with E-state index in [4.69, 9.17) is 4.74 Å². The van der Waals surface area contributed by atoms with E-state index in [1.54, 1.807) is 19.9 Å². The lowest BCUT2D eigenvalue weighted by molar-refractivity contribution is -0.386. The maximum atomic E-state index is 13.2. The zero-order valence-electron chi connectivity index (χ0n) is 17.0. The number of rotatable bonds is 4. The maximum absolute atomic E-state index is 13.2. The van der Waals surface area contributed by atoms with Gasteiger partial charge in [-0.15, -0.1) is 16.4 Å². The fourth-order valence-corrected chi connectivity index (χ4v) is 4.67. The molecular weight excluding hydrogens is 461 g/mol. The molecule has 9 nitrogen and oxygen atoms in total. The molecule has 5 aromatic rings. The standard InChI is InChI=1S/C20H13F3N6O3S/c1-9-7-13(20(21,22)23)25-19-14(9)15-16(33-19)18-26-17(27-28(18)8-24-15)10(2)32-12-6-4-3-5-11(12)29(30)31/h3-8,10H,1-2H3. The molecule has 0 saturated heterocycles. The van der Waals surface area contributed by atoms with E-state index in [9.17, 15) is 23.3 Å². The van der Waals surface area contributed by atoms with Crippen LogP contribution in [0.2, 0.25) is 0 Å². The molecule has 0 spiro atoms. The second-order valence-electron chi connectivity index (χ2n) is 7.25. The third kappa shape index (κ3) is 3.50. The van der Waals surface area contributed by atoms with Gasteiger partial charge in [-0.2, -0.15) is 13.2 Å². The number of alkyl halides is 3. The van der Waals surface area contributed by atoms with Crippen molar-refractivity contribution in [2.45, 2.75) is 26.1 Å². The Morgan fingerprint density at radius 2 is 2.00 bits per heavy atom. The number of para-hydroxylation sites is 2. The van der Waals surface area contributed by atoms with Crippen molar-refractivity contribution < 1.29 is 22.8 Å². The predicted octanol–water partition coefficient (Wildman–Crippen LogP) is 5.26. The minimum Gasteiger partial charge on any atom is -0.476 e. The summed E-state index contributed by atoms with van der Waals surface area (Å²) in [5.74, 6) is 0.305. The Balaban J connectivity index is 1.60. The first-order chi connectivity index (χ1) is 15.6. The van der Waals surface area contributed by atoms with E-state index in [0.717, 1.165) is 17.4 Å². The highest BCUT2D eigenvalue weighted by Crippen LogP contribution is 2.39. The monoisotopic (exact) mass is 474 g/mol. The van der Waals surface area contributed by atoms with E-state index >= 15 is 0 Å². The van der Waals surface area contributed by atoms with Gasteiger partial charge in [0.1, 0.15) is 21.6 Å². The summed E-state index contributed by atoms with van der Waals surface area (Å²) in [7, 11) is 0. The Bertz CT molecular complexity index is 1560. The highest BCUT2D eigenvalue weighted by Gasteiger charge is 2.34. The number of aryl methyl sites for hydroxylation is 1. The normalized spacial score (nSPS) is 13.1. The minimum atomic E-state index is -4.56. The third-order valence-electron chi connectivity index (χ3n) is 5.00. The van der Waals surface area contributed by atoms with Gasteiger partial charge in [-0.25, -0.2) is 19.5 Å². The zero-order chi connectivity index (χ0) is 23.5. The molecule has 5 rings (SSSR count). The predicted molar refractivity (Wildman–Crippen MR) is 113 cm³/mol. The van der Waals surface area contributed by atoms with Crippen molar-refractivity contribution in [2.75, 3.05) is 0 Å². The molecule has 1 atom stereocenters. The highest BCUT2D eigenvalue weighted by atomic mass is 32.1. The van der Waals surface area contributed by atoms with Crippen LogP contribution in [0.3, 0.4) is 0 Å². The summed E-state index contributed by atoms with van der Waals surface area (Å²) < 4.78 is 47.2. The molecule has 13 heteroatoms. The fraction of sp³-hybridized carbons (Fsp3) is 0.200. The van der Waals surface area contributed by atoms with Crippen LogP contribution in [0.25, 0.3) is 26.1 Å². The van der Waals surface area contributed by atoms with Crippen LogP contribution in [0.15, 0.2) is 36.7 Å². The van der Waals surface area contributed by atoms with Crippen LogP contribution in [0, 0.1) is 17.0 Å². The van der Waals surface area contributed by atoms with Gasteiger partial charge in [-0.1, -0.05) is 12.1 Å². The molecule has 0 aliphatic rings. The lowest BCUT2D eigenvalue weighted by Gasteiger charge is -2.11. The number of ether oxygens (including phenoxy) is 1. The van der Waals surface area contributed by atoms with Gasteiger partial charge < -0.3 is 4.74 Å². The average Bonchev–Trinajstić information content (AvgIpc) is 3.34. The van der Waals surface area contributed by atoms with Crippen molar-refractivity contribution in [3.8, 4) is 5.75 Å². The molecule has 168 valence electrons. The van der Waals surface area contributed by atoms with E-state index in [1.807, 2.05) is 0 Å². The lowest BCUT2D eigenvalue weighted by Crippen LogP contribution is -2.07. The van der Waals surface area contributed by atoms with E-state index in [-0.39, 0.29) is 22.1 Å². The van der Waals surface area contributed by atoms with Crippen LogP contribution < -0.4 is 4.74 Å². The molecule has 4 heterocycles. The molecule has 0 bridgehead atoms. The van der Waals surface area contributed by atoms with Crippen LogP contribution >= 0.6 is 11.3 Å². The summed E-state index contributed by atoms with van der Waals surface area (Å²) in [4.78, 5) is 23.5. The number of thiophene rings is 1. The Hall–Kier alpha value is -3.87. The van der Waals surface area contributed by atoms with Crippen LogP contribution in [0.4, 0.5) is 18.9 Å². The molecule has 33 heavy (non-hydrogen) atoms. The van der Waals surface area contributed by atoms with Gasteiger partial charge in [0, 0.05) is 11.5 Å². The van der Waals surface area contributed by atoms with E-state index in [1.165, 1.54) is 29.0 Å². The van der Waals surface area contributed by atoms with Crippen LogP contribution in [0.1, 0.15) is 30.1 Å². The summed E-state index contributed by atoms with van der Waals surface area (Å²) in [6.07, 6.45) is -3.89. The van der Waals surface area contributed by atoms with Gasteiger partial charge in [0.2, 0.25) is 0 Å². The van der Waals surface area contributed by atoms with Gasteiger partial charge in [-0.05, 0) is 31.5 Å². The van der Waals surface area contributed by atoms with Crippen LogP contribution in [-0.2, 0) is 6.18 Å². The fourth-order valence-electron chi connectivity index (χ4n) is 3.49. The van der Waals surface area contributed by atoms with E-state index in [0.29, 0.717) is 26.8 Å². The van der Waals surface area contributed by atoms with Gasteiger partial charge in [0.25, 0.3) is 0 Å². The van der Waals surface area contributed by atoms with Crippen molar-refractivity contribution in [3.63, 3.8) is 0 Å². The summed E-state index contributed by atoms with van der Waals surface area (Å²) in [5, 5.41) is 16.1. The highest BCUT2D eigenvalue weighted by molar-refractivity contribution is 7.26. The number of pyridine rings is 1. The zero-order valence-corrected chi connectivity index (χ0v) is 17.8. The first-order valence-electron chi connectivity index (χ1n) is 9.56. The van der Waals surface area contributed by atoms with E-state index in [2.05, 4.69) is 20.1 Å². The summed E-state index contributed by atoms with van der Waals surface area (Å²) >= 11 is 1.04. The Labute approximate surface area is 186 Å². The Morgan fingerprint density at radius 3 is 2.73 bits per heavy atom. The number of aromatic nitrogens is 5. The van der Waals surface area contributed by atoms with Gasteiger partial charge in [-0.3, -0.25) is 10.1 Å². The van der Waals surface area contributed by atoms with Crippen molar-refractivity contribution in [1.29, 1.82) is 0 Å². The van der Waals surface area contributed by atoms with Gasteiger partial charge >= 0.3 is 11.9 Å². The van der Waals surface area contributed by atoms with Crippen LogP contribution in [-0.4, -0.2) is 29.5 Å². The molecule has 0 N–H and O–H groups in total. The van der Waals surface area contributed by atoms with Crippen molar-refractivity contribution >= 4 is 43.1 Å². The largest absolute Gasteiger partial charge is 0.476 e. The molecular formula is C20H13F3N6O3S. The molecule has 0 aliphatic heterocycles. The molecule has 1 aromatic carbocycles. The average molecular weight is 474 g/mol. The third-order valence-corrected chi connectivity index (χ3v) is 6.07.